The highest BCUT2D eigenvalue weighted by Gasteiger charge is 2.33. The fraction of sp³-hybridized carbons (Fsp3) is 0. The van der Waals surface area contributed by atoms with Gasteiger partial charge in [-0.05, 0) is 41.8 Å². The maximum atomic E-state index is 12.8. The van der Waals surface area contributed by atoms with Gasteiger partial charge in [-0.1, -0.05) is 35.9 Å². The summed E-state index contributed by atoms with van der Waals surface area (Å²) < 4.78 is 0. The van der Waals surface area contributed by atoms with E-state index in [0.717, 1.165) is 10.8 Å². The van der Waals surface area contributed by atoms with Crippen LogP contribution in [-0.2, 0) is 0 Å². The monoisotopic (exact) mass is 307 g/mol. The van der Waals surface area contributed by atoms with Crippen LogP contribution < -0.4 is 4.90 Å². The normalized spacial score (nSPS) is 13.8. The molecule has 22 heavy (non-hydrogen) atoms. The van der Waals surface area contributed by atoms with Crippen molar-refractivity contribution < 1.29 is 9.59 Å². The molecule has 3 aromatic carbocycles. The van der Waals surface area contributed by atoms with Crippen molar-refractivity contribution in [3.8, 4) is 0 Å². The molecule has 4 heteroatoms. The van der Waals surface area contributed by atoms with Gasteiger partial charge in [-0.2, -0.15) is 0 Å². The number of rotatable bonds is 1. The largest absolute Gasteiger partial charge is 0.268 e. The number of benzene rings is 3. The van der Waals surface area contributed by atoms with E-state index in [1.807, 2.05) is 24.3 Å². The Bertz CT molecular complexity index is 881. The van der Waals surface area contributed by atoms with Gasteiger partial charge in [-0.3, -0.25) is 9.59 Å². The molecule has 0 atom stereocenters. The Morgan fingerprint density at radius 1 is 0.727 bits per heavy atom. The van der Waals surface area contributed by atoms with Gasteiger partial charge in [-0.25, -0.2) is 4.90 Å². The second-order valence-corrected chi connectivity index (χ2v) is 5.57. The number of nitrogens with zero attached hydrogens (tertiary/aromatic N) is 1. The Balaban J connectivity index is 1.97. The molecule has 0 radical (unpaired) electrons. The van der Waals surface area contributed by atoms with Gasteiger partial charge in [-0.15, -0.1) is 0 Å². The van der Waals surface area contributed by atoms with Crippen LogP contribution in [0.15, 0.2) is 60.7 Å². The van der Waals surface area contributed by atoms with Crippen LogP contribution in [0.3, 0.4) is 0 Å². The number of imide groups is 1. The van der Waals surface area contributed by atoms with Crippen molar-refractivity contribution in [2.45, 2.75) is 0 Å². The summed E-state index contributed by atoms with van der Waals surface area (Å²) >= 11 is 5.88. The SMILES string of the molecule is O=C1c2cccc3cccc(c23)C(=O)N1c1ccc(Cl)cc1. The molecule has 0 aliphatic carbocycles. The van der Waals surface area contributed by atoms with Gasteiger partial charge in [0.1, 0.15) is 0 Å². The fourth-order valence-electron chi connectivity index (χ4n) is 2.86. The molecular weight excluding hydrogens is 298 g/mol. The Morgan fingerprint density at radius 3 is 1.82 bits per heavy atom. The summed E-state index contributed by atoms with van der Waals surface area (Å²) in [5.41, 5.74) is 1.61. The van der Waals surface area contributed by atoms with E-state index in [4.69, 9.17) is 11.6 Å². The Morgan fingerprint density at radius 2 is 1.27 bits per heavy atom. The Hall–Kier alpha value is -2.65. The van der Waals surface area contributed by atoms with E-state index >= 15 is 0 Å². The topological polar surface area (TPSA) is 37.4 Å². The van der Waals surface area contributed by atoms with Gasteiger partial charge >= 0.3 is 0 Å². The highest BCUT2D eigenvalue weighted by Crippen LogP contribution is 2.32. The molecule has 1 aliphatic rings. The number of amides is 2. The molecule has 0 fully saturated rings. The zero-order chi connectivity index (χ0) is 15.3. The van der Waals surface area contributed by atoms with Crippen LogP contribution in [-0.4, -0.2) is 11.8 Å². The number of hydrogen-bond acceptors (Lipinski definition) is 2. The van der Waals surface area contributed by atoms with Crippen LogP contribution in [0.25, 0.3) is 10.8 Å². The van der Waals surface area contributed by atoms with Crippen LogP contribution in [0, 0.1) is 0 Å². The number of hydrogen-bond donors (Lipinski definition) is 0. The second-order valence-electron chi connectivity index (χ2n) is 5.13. The smallest absolute Gasteiger partial charge is 0.265 e. The van der Waals surface area contributed by atoms with Gasteiger partial charge in [0, 0.05) is 21.5 Å². The molecule has 0 bridgehead atoms. The summed E-state index contributed by atoms with van der Waals surface area (Å²) in [5.74, 6) is -0.617. The molecule has 0 aromatic heterocycles. The van der Waals surface area contributed by atoms with Crippen LogP contribution in [0.1, 0.15) is 20.7 Å². The van der Waals surface area contributed by atoms with Crippen molar-refractivity contribution in [1.29, 1.82) is 0 Å². The van der Waals surface area contributed by atoms with E-state index in [-0.39, 0.29) is 11.8 Å². The number of anilines is 1. The van der Waals surface area contributed by atoms with Crippen molar-refractivity contribution in [2.75, 3.05) is 4.90 Å². The van der Waals surface area contributed by atoms with Crippen molar-refractivity contribution in [3.05, 3.63) is 76.8 Å². The van der Waals surface area contributed by atoms with Crippen LogP contribution >= 0.6 is 11.6 Å². The zero-order valence-electron chi connectivity index (χ0n) is 11.4. The van der Waals surface area contributed by atoms with Crippen LogP contribution in [0.5, 0.6) is 0 Å². The van der Waals surface area contributed by atoms with Gasteiger partial charge in [0.2, 0.25) is 0 Å². The Kier molecular flexibility index (Phi) is 2.78. The van der Waals surface area contributed by atoms with E-state index in [1.54, 1.807) is 36.4 Å². The molecule has 0 saturated carbocycles. The van der Waals surface area contributed by atoms with Gasteiger partial charge in [0.25, 0.3) is 11.8 Å². The first kappa shape index (κ1) is 13.0. The van der Waals surface area contributed by atoms with Crippen molar-refractivity contribution in [1.82, 2.24) is 0 Å². The quantitative estimate of drug-likeness (QED) is 0.629. The van der Waals surface area contributed by atoms with Gasteiger partial charge in [0.05, 0.1) is 5.69 Å². The molecular formula is C18H10ClNO2. The summed E-state index contributed by atoms with van der Waals surface area (Å²) in [5, 5.41) is 2.18. The van der Waals surface area contributed by atoms with E-state index in [1.165, 1.54) is 4.90 Å². The lowest BCUT2D eigenvalue weighted by molar-refractivity contribution is 0.0893. The predicted molar refractivity (Wildman–Crippen MR) is 86.5 cm³/mol. The lowest BCUT2D eigenvalue weighted by Crippen LogP contribution is -2.40. The third-order valence-corrected chi connectivity index (χ3v) is 4.11. The second kappa shape index (κ2) is 4.68. The molecule has 0 unspecified atom stereocenters. The molecule has 1 aliphatic heterocycles. The third-order valence-electron chi connectivity index (χ3n) is 3.86. The molecule has 1 heterocycles. The standard InChI is InChI=1S/C18H10ClNO2/c19-12-7-9-13(10-8-12)20-17(21)14-5-1-3-11-4-2-6-15(16(11)14)18(20)22/h1-10H. The molecule has 2 amide bonds. The van der Waals surface area contributed by atoms with E-state index in [2.05, 4.69) is 0 Å². The molecule has 3 aromatic rings. The average Bonchev–Trinajstić information content (AvgIpc) is 2.54. The van der Waals surface area contributed by atoms with Crippen LogP contribution in [0.4, 0.5) is 5.69 Å². The van der Waals surface area contributed by atoms with Crippen molar-refractivity contribution in [3.63, 3.8) is 0 Å². The van der Waals surface area contributed by atoms with E-state index in [9.17, 15) is 9.59 Å². The maximum absolute atomic E-state index is 12.8. The first-order valence-electron chi connectivity index (χ1n) is 6.83. The van der Waals surface area contributed by atoms with Gasteiger partial charge in [0.15, 0.2) is 0 Å². The summed E-state index contributed by atoms with van der Waals surface area (Å²) in [4.78, 5) is 26.7. The van der Waals surface area contributed by atoms with Crippen molar-refractivity contribution in [2.24, 2.45) is 0 Å². The highest BCUT2D eigenvalue weighted by atomic mass is 35.5. The van der Waals surface area contributed by atoms with E-state index in [0.29, 0.717) is 21.8 Å². The zero-order valence-corrected chi connectivity index (χ0v) is 12.2. The first-order chi connectivity index (χ1) is 10.7. The fourth-order valence-corrected chi connectivity index (χ4v) is 2.98. The number of carbonyl (C=O) groups is 2. The first-order valence-corrected chi connectivity index (χ1v) is 7.21. The molecule has 3 nitrogen and oxygen atoms in total. The van der Waals surface area contributed by atoms with Crippen LogP contribution in [0.2, 0.25) is 5.02 Å². The molecule has 0 saturated heterocycles. The summed E-state index contributed by atoms with van der Waals surface area (Å²) in [7, 11) is 0. The average molecular weight is 308 g/mol. The van der Waals surface area contributed by atoms with E-state index < -0.39 is 0 Å². The molecule has 106 valence electrons. The van der Waals surface area contributed by atoms with Crippen molar-refractivity contribution >= 4 is 39.9 Å². The molecule has 4 rings (SSSR count). The lowest BCUT2D eigenvalue weighted by Gasteiger charge is -2.27. The number of halogens is 1. The minimum absolute atomic E-state index is 0.309. The highest BCUT2D eigenvalue weighted by molar-refractivity contribution is 6.36. The van der Waals surface area contributed by atoms with Gasteiger partial charge < -0.3 is 0 Å². The summed E-state index contributed by atoms with van der Waals surface area (Å²) in [6.45, 7) is 0. The minimum Gasteiger partial charge on any atom is -0.268 e. The third kappa shape index (κ3) is 1.76. The summed E-state index contributed by atoms with van der Waals surface area (Å²) in [6, 6.07) is 17.6. The lowest BCUT2D eigenvalue weighted by atomic mass is 9.94. The molecule has 0 N–H and O–H groups in total. The molecule has 0 spiro atoms. The summed E-state index contributed by atoms with van der Waals surface area (Å²) in [6.07, 6.45) is 0. The number of carbonyl (C=O) groups excluding carboxylic acids is 2. The maximum Gasteiger partial charge on any atom is 0.265 e. The minimum atomic E-state index is -0.309. The Labute approximate surface area is 131 Å². The predicted octanol–water partition coefficient (Wildman–Crippen LogP) is 4.29.